The van der Waals surface area contributed by atoms with Crippen molar-refractivity contribution in [3.63, 3.8) is 0 Å². The van der Waals surface area contributed by atoms with E-state index < -0.39 is 12.6 Å². The lowest BCUT2D eigenvalue weighted by atomic mass is 10.1. The van der Waals surface area contributed by atoms with Gasteiger partial charge in [-0.15, -0.1) is 0 Å². The highest BCUT2D eigenvalue weighted by Gasteiger charge is 2.26. The molecular formula is C15H20F3N. The molecule has 1 aliphatic carbocycles. The number of hydrogen-bond acceptors (Lipinski definition) is 1. The van der Waals surface area contributed by atoms with Gasteiger partial charge in [0.25, 0.3) is 0 Å². The predicted molar refractivity (Wildman–Crippen MR) is 71.5 cm³/mol. The highest BCUT2D eigenvalue weighted by molar-refractivity contribution is 5.50. The number of halogens is 3. The second-order valence-corrected chi connectivity index (χ2v) is 5.39. The van der Waals surface area contributed by atoms with E-state index in [-0.39, 0.29) is 12.5 Å². The van der Waals surface area contributed by atoms with Gasteiger partial charge >= 0.3 is 6.18 Å². The van der Waals surface area contributed by atoms with Gasteiger partial charge in [0.2, 0.25) is 0 Å². The molecule has 0 saturated carbocycles. The molecule has 0 aliphatic heterocycles. The molecule has 0 amide bonds. The van der Waals surface area contributed by atoms with Gasteiger partial charge in [0.05, 0.1) is 0 Å². The fraction of sp³-hybridized carbons (Fsp3) is 0.600. The summed E-state index contributed by atoms with van der Waals surface area (Å²) in [5.41, 5.74) is 3.82. The van der Waals surface area contributed by atoms with Crippen molar-refractivity contribution in [2.75, 3.05) is 5.32 Å². The predicted octanol–water partition coefficient (Wildman–Crippen LogP) is 4.71. The van der Waals surface area contributed by atoms with Gasteiger partial charge in [-0.3, -0.25) is 0 Å². The standard InChI is InChI=1S/C15H20F3N/c1-11(4-3-9-15(16,17)18)19-14-8-7-12-5-2-6-13(12)10-14/h7-8,10-11,19H,2-6,9H2,1H3. The third kappa shape index (κ3) is 4.44. The molecule has 19 heavy (non-hydrogen) atoms. The number of alkyl halides is 3. The van der Waals surface area contributed by atoms with Gasteiger partial charge in [0.1, 0.15) is 0 Å². The summed E-state index contributed by atoms with van der Waals surface area (Å²) in [5, 5.41) is 3.29. The molecule has 2 rings (SSSR count). The fourth-order valence-electron chi connectivity index (χ4n) is 2.63. The van der Waals surface area contributed by atoms with Crippen molar-refractivity contribution in [1.82, 2.24) is 0 Å². The summed E-state index contributed by atoms with van der Waals surface area (Å²) < 4.78 is 36.2. The van der Waals surface area contributed by atoms with Crippen LogP contribution in [0.3, 0.4) is 0 Å². The average Bonchev–Trinajstić information content (AvgIpc) is 2.74. The van der Waals surface area contributed by atoms with Crippen LogP contribution in [0.25, 0.3) is 0 Å². The summed E-state index contributed by atoms with van der Waals surface area (Å²) in [4.78, 5) is 0. The summed E-state index contributed by atoms with van der Waals surface area (Å²) in [6.45, 7) is 1.93. The summed E-state index contributed by atoms with van der Waals surface area (Å²) in [5.74, 6) is 0. The SMILES string of the molecule is CC(CCCC(F)(F)F)Nc1ccc2c(c1)CCC2. The lowest BCUT2D eigenvalue weighted by Gasteiger charge is -2.16. The lowest BCUT2D eigenvalue weighted by molar-refractivity contribution is -0.135. The van der Waals surface area contributed by atoms with Crippen molar-refractivity contribution in [2.24, 2.45) is 0 Å². The summed E-state index contributed by atoms with van der Waals surface area (Å²) in [7, 11) is 0. The minimum absolute atomic E-state index is 0.0711. The van der Waals surface area contributed by atoms with Gasteiger partial charge in [-0.1, -0.05) is 6.07 Å². The van der Waals surface area contributed by atoms with Crippen LogP contribution in [0.2, 0.25) is 0 Å². The van der Waals surface area contributed by atoms with Crippen LogP contribution < -0.4 is 5.32 Å². The Balaban J connectivity index is 1.80. The monoisotopic (exact) mass is 271 g/mol. The molecule has 1 unspecified atom stereocenters. The molecule has 0 saturated heterocycles. The Kier molecular flexibility index (Phi) is 4.38. The Morgan fingerprint density at radius 1 is 1.21 bits per heavy atom. The van der Waals surface area contributed by atoms with Crippen molar-refractivity contribution in [2.45, 2.75) is 57.7 Å². The van der Waals surface area contributed by atoms with Crippen LogP contribution in [0.5, 0.6) is 0 Å². The Hall–Kier alpha value is -1.19. The Morgan fingerprint density at radius 3 is 2.68 bits per heavy atom. The minimum Gasteiger partial charge on any atom is -0.383 e. The number of aryl methyl sites for hydroxylation is 2. The second kappa shape index (κ2) is 5.85. The Labute approximate surface area is 112 Å². The van der Waals surface area contributed by atoms with Crippen LogP contribution in [0, 0.1) is 0 Å². The molecule has 1 aromatic carbocycles. The Morgan fingerprint density at radius 2 is 1.95 bits per heavy atom. The molecule has 1 aliphatic rings. The number of fused-ring (bicyclic) bond motifs is 1. The molecular weight excluding hydrogens is 251 g/mol. The molecule has 4 heteroatoms. The fourth-order valence-corrected chi connectivity index (χ4v) is 2.63. The molecule has 1 N–H and O–H groups in total. The molecule has 0 fully saturated rings. The van der Waals surface area contributed by atoms with Gasteiger partial charge in [0.15, 0.2) is 0 Å². The van der Waals surface area contributed by atoms with Gasteiger partial charge in [-0.05, 0) is 62.3 Å². The van der Waals surface area contributed by atoms with Crippen LogP contribution in [0.15, 0.2) is 18.2 Å². The molecule has 1 nitrogen and oxygen atoms in total. The quantitative estimate of drug-likeness (QED) is 0.818. The molecule has 0 aromatic heterocycles. The molecule has 106 valence electrons. The van der Waals surface area contributed by atoms with Crippen molar-refractivity contribution >= 4 is 5.69 Å². The van der Waals surface area contributed by atoms with E-state index in [9.17, 15) is 13.2 Å². The second-order valence-electron chi connectivity index (χ2n) is 5.39. The number of benzene rings is 1. The first-order chi connectivity index (χ1) is 8.94. The first kappa shape index (κ1) is 14.2. The van der Waals surface area contributed by atoms with Crippen molar-refractivity contribution < 1.29 is 13.2 Å². The van der Waals surface area contributed by atoms with E-state index in [0.717, 1.165) is 18.5 Å². The molecule has 0 radical (unpaired) electrons. The smallest absolute Gasteiger partial charge is 0.383 e. The van der Waals surface area contributed by atoms with E-state index in [4.69, 9.17) is 0 Å². The van der Waals surface area contributed by atoms with Crippen LogP contribution in [0.4, 0.5) is 18.9 Å². The van der Waals surface area contributed by atoms with E-state index in [2.05, 4.69) is 17.4 Å². The Bertz CT molecular complexity index is 426. The number of hydrogen-bond donors (Lipinski definition) is 1. The minimum atomic E-state index is -4.03. The van der Waals surface area contributed by atoms with Crippen LogP contribution in [-0.2, 0) is 12.8 Å². The third-order valence-electron chi connectivity index (χ3n) is 3.61. The largest absolute Gasteiger partial charge is 0.389 e. The zero-order chi connectivity index (χ0) is 13.9. The van der Waals surface area contributed by atoms with E-state index in [1.165, 1.54) is 17.5 Å². The van der Waals surface area contributed by atoms with Gasteiger partial charge < -0.3 is 5.32 Å². The zero-order valence-corrected chi connectivity index (χ0v) is 11.2. The van der Waals surface area contributed by atoms with Gasteiger partial charge in [-0.2, -0.15) is 13.2 Å². The zero-order valence-electron chi connectivity index (χ0n) is 11.2. The summed E-state index contributed by atoms with van der Waals surface area (Å²) in [6.07, 6.45) is -0.528. The normalized spacial score (nSPS) is 16.2. The first-order valence-electron chi connectivity index (χ1n) is 6.89. The van der Waals surface area contributed by atoms with E-state index >= 15 is 0 Å². The van der Waals surface area contributed by atoms with Crippen LogP contribution in [0.1, 0.15) is 43.7 Å². The lowest BCUT2D eigenvalue weighted by Crippen LogP contribution is -2.16. The van der Waals surface area contributed by atoms with Crippen LogP contribution >= 0.6 is 0 Å². The van der Waals surface area contributed by atoms with E-state index in [1.54, 1.807) is 0 Å². The van der Waals surface area contributed by atoms with E-state index in [1.807, 2.05) is 13.0 Å². The van der Waals surface area contributed by atoms with Crippen molar-refractivity contribution in [3.05, 3.63) is 29.3 Å². The van der Waals surface area contributed by atoms with Crippen LogP contribution in [-0.4, -0.2) is 12.2 Å². The summed E-state index contributed by atoms with van der Waals surface area (Å²) >= 11 is 0. The highest BCUT2D eigenvalue weighted by atomic mass is 19.4. The maximum atomic E-state index is 12.1. The maximum Gasteiger partial charge on any atom is 0.389 e. The van der Waals surface area contributed by atoms with Crippen molar-refractivity contribution in [1.29, 1.82) is 0 Å². The molecule has 1 atom stereocenters. The van der Waals surface area contributed by atoms with E-state index in [0.29, 0.717) is 6.42 Å². The summed E-state index contributed by atoms with van der Waals surface area (Å²) in [6, 6.07) is 6.38. The molecule has 1 aromatic rings. The number of anilines is 1. The number of nitrogens with one attached hydrogen (secondary N) is 1. The average molecular weight is 271 g/mol. The first-order valence-corrected chi connectivity index (χ1v) is 6.89. The van der Waals surface area contributed by atoms with Gasteiger partial charge in [0, 0.05) is 18.2 Å². The van der Waals surface area contributed by atoms with Gasteiger partial charge in [-0.25, -0.2) is 0 Å². The molecule has 0 spiro atoms. The molecule has 0 heterocycles. The maximum absolute atomic E-state index is 12.1. The highest BCUT2D eigenvalue weighted by Crippen LogP contribution is 2.26. The topological polar surface area (TPSA) is 12.0 Å². The third-order valence-corrected chi connectivity index (χ3v) is 3.61. The molecule has 0 bridgehead atoms. The number of rotatable bonds is 5. The van der Waals surface area contributed by atoms with Crippen molar-refractivity contribution in [3.8, 4) is 0 Å².